The van der Waals surface area contributed by atoms with E-state index in [-0.39, 0.29) is 19.4 Å². The lowest BCUT2D eigenvalue weighted by Crippen LogP contribution is -2.42. The monoisotopic (exact) mass is 288 g/mol. The first kappa shape index (κ1) is 16.8. The Hall–Kier alpha value is -2.28. The van der Waals surface area contributed by atoms with Gasteiger partial charge < -0.3 is 9.84 Å². The van der Waals surface area contributed by atoms with E-state index in [4.69, 9.17) is 11.2 Å². The molecule has 0 spiro atoms. The Labute approximate surface area is 125 Å². The summed E-state index contributed by atoms with van der Waals surface area (Å²) in [6.07, 6.45) is 6.38. The molecule has 0 amide bonds. The summed E-state index contributed by atoms with van der Waals surface area (Å²) < 4.78 is 5.00. The van der Waals surface area contributed by atoms with E-state index < -0.39 is 17.4 Å². The van der Waals surface area contributed by atoms with Crippen molar-refractivity contribution in [2.75, 3.05) is 6.61 Å². The fourth-order valence-electron chi connectivity index (χ4n) is 2.24. The van der Waals surface area contributed by atoms with Gasteiger partial charge in [0.1, 0.15) is 0 Å². The highest BCUT2D eigenvalue weighted by atomic mass is 16.5. The van der Waals surface area contributed by atoms with Crippen LogP contribution in [0.3, 0.4) is 0 Å². The lowest BCUT2D eigenvalue weighted by Gasteiger charge is -2.27. The third-order valence-corrected chi connectivity index (χ3v) is 3.35. The lowest BCUT2D eigenvalue weighted by atomic mass is 9.77. The Morgan fingerprint density at radius 1 is 1.33 bits per heavy atom. The second-order valence-electron chi connectivity index (χ2n) is 4.83. The summed E-state index contributed by atoms with van der Waals surface area (Å²) in [5, 5.41) is 9.63. The number of hydrogen-bond acceptors (Lipinski definition) is 3. The van der Waals surface area contributed by atoms with E-state index in [9.17, 15) is 14.7 Å². The molecule has 1 aromatic rings. The molecule has 0 radical (unpaired) electrons. The molecular weight excluding hydrogens is 268 g/mol. The Morgan fingerprint density at radius 2 is 2.00 bits per heavy atom. The Kier molecular flexibility index (Phi) is 6.48. The minimum Gasteiger partial charge on any atom is -0.480 e. The van der Waals surface area contributed by atoms with Gasteiger partial charge in [-0.25, -0.2) is 0 Å². The molecule has 1 unspecified atom stereocenters. The van der Waals surface area contributed by atoms with Crippen molar-refractivity contribution in [3.05, 3.63) is 35.9 Å². The lowest BCUT2D eigenvalue weighted by molar-refractivity contribution is -0.169. The topological polar surface area (TPSA) is 63.6 Å². The molecule has 0 heterocycles. The summed E-state index contributed by atoms with van der Waals surface area (Å²) in [4.78, 5) is 24.0. The van der Waals surface area contributed by atoms with Gasteiger partial charge >= 0.3 is 11.9 Å². The van der Waals surface area contributed by atoms with Crippen LogP contribution >= 0.6 is 0 Å². The zero-order valence-electron chi connectivity index (χ0n) is 12.2. The van der Waals surface area contributed by atoms with Crippen LogP contribution in [0.2, 0.25) is 0 Å². The van der Waals surface area contributed by atoms with E-state index in [0.29, 0.717) is 12.8 Å². The van der Waals surface area contributed by atoms with Crippen molar-refractivity contribution in [1.82, 2.24) is 0 Å². The number of aliphatic carboxylic acids is 1. The fourth-order valence-corrected chi connectivity index (χ4v) is 2.24. The molecule has 1 atom stereocenters. The number of carboxylic acids is 1. The van der Waals surface area contributed by atoms with Gasteiger partial charge in [-0.1, -0.05) is 30.3 Å². The van der Waals surface area contributed by atoms with Gasteiger partial charge in [-0.3, -0.25) is 9.59 Å². The molecule has 0 bridgehead atoms. The molecule has 0 aliphatic carbocycles. The Balaban J connectivity index is 3.07. The fraction of sp³-hybridized carbons (Fsp3) is 0.412. The Bertz CT molecular complexity index is 515. The van der Waals surface area contributed by atoms with Crippen molar-refractivity contribution < 1.29 is 19.4 Å². The van der Waals surface area contributed by atoms with Crippen molar-refractivity contribution in [2.24, 2.45) is 5.41 Å². The molecule has 0 saturated carbocycles. The molecule has 0 aliphatic rings. The zero-order valence-corrected chi connectivity index (χ0v) is 12.2. The average molecular weight is 288 g/mol. The highest BCUT2D eigenvalue weighted by Crippen LogP contribution is 2.32. The zero-order chi connectivity index (χ0) is 15.7. The first-order chi connectivity index (χ1) is 10.1. The van der Waals surface area contributed by atoms with Crippen LogP contribution in [0.4, 0.5) is 0 Å². The van der Waals surface area contributed by atoms with Crippen LogP contribution in [0.1, 0.15) is 31.7 Å². The quantitative estimate of drug-likeness (QED) is 0.346. The van der Waals surface area contributed by atoms with E-state index in [2.05, 4.69) is 5.92 Å². The van der Waals surface area contributed by atoms with Gasteiger partial charge in [-0.15, -0.1) is 12.3 Å². The van der Waals surface area contributed by atoms with Crippen molar-refractivity contribution in [1.29, 1.82) is 0 Å². The van der Waals surface area contributed by atoms with Crippen LogP contribution in [0.5, 0.6) is 0 Å². The van der Waals surface area contributed by atoms with E-state index in [1.165, 1.54) is 0 Å². The van der Waals surface area contributed by atoms with Crippen molar-refractivity contribution in [2.45, 2.75) is 32.6 Å². The second-order valence-corrected chi connectivity index (χ2v) is 4.83. The minimum atomic E-state index is -1.58. The van der Waals surface area contributed by atoms with Gasteiger partial charge in [0.05, 0.1) is 6.61 Å². The van der Waals surface area contributed by atoms with Gasteiger partial charge in [0.2, 0.25) is 0 Å². The van der Waals surface area contributed by atoms with E-state index >= 15 is 0 Å². The van der Waals surface area contributed by atoms with Gasteiger partial charge in [-0.05, 0) is 31.7 Å². The first-order valence-electron chi connectivity index (χ1n) is 6.95. The van der Waals surface area contributed by atoms with Crippen LogP contribution in [-0.2, 0) is 20.7 Å². The second kappa shape index (κ2) is 8.11. The standard InChI is InChI=1S/C17H20O4/c1-3-5-9-12-17(15(18)19,16(20)21-4-2)13-14-10-7-6-8-11-14/h1,6-8,10-11H,4-5,9,12-13H2,2H3,(H,18,19). The molecule has 1 rings (SSSR count). The number of unbranched alkanes of at least 4 members (excludes halogenated alkanes) is 1. The number of carbonyl (C=O) groups is 2. The first-order valence-corrected chi connectivity index (χ1v) is 6.95. The molecule has 112 valence electrons. The number of terminal acetylenes is 1. The van der Waals surface area contributed by atoms with E-state index in [1.807, 2.05) is 18.2 Å². The highest BCUT2D eigenvalue weighted by Gasteiger charge is 2.47. The van der Waals surface area contributed by atoms with Gasteiger partial charge in [-0.2, -0.15) is 0 Å². The predicted octanol–water partition coefficient (Wildman–Crippen LogP) is 2.67. The summed E-state index contributed by atoms with van der Waals surface area (Å²) in [5.41, 5.74) is -0.789. The third kappa shape index (κ3) is 4.35. The number of carbonyl (C=O) groups excluding carboxylic acids is 1. The third-order valence-electron chi connectivity index (χ3n) is 3.35. The molecule has 1 N–H and O–H groups in total. The van der Waals surface area contributed by atoms with Crippen molar-refractivity contribution in [3.63, 3.8) is 0 Å². The average Bonchev–Trinajstić information content (AvgIpc) is 2.47. The van der Waals surface area contributed by atoms with Crippen LogP contribution in [-0.4, -0.2) is 23.7 Å². The van der Waals surface area contributed by atoms with E-state index in [0.717, 1.165) is 5.56 Å². The van der Waals surface area contributed by atoms with Crippen LogP contribution in [0, 0.1) is 17.8 Å². The highest BCUT2D eigenvalue weighted by molar-refractivity contribution is 5.99. The van der Waals surface area contributed by atoms with Crippen molar-refractivity contribution >= 4 is 11.9 Å². The summed E-state index contributed by atoms with van der Waals surface area (Å²) in [6.45, 7) is 1.81. The number of benzene rings is 1. The molecule has 1 aromatic carbocycles. The smallest absolute Gasteiger partial charge is 0.323 e. The minimum absolute atomic E-state index is 0.104. The summed E-state index contributed by atoms with van der Waals surface area (Å²) in [6, 6.07) is 9.08. The Morgan fingerprint density at radius 3 is 2.52 bits per heavy atom. The molecule has 0 aliphatic heterocycles. The summed E-state index contributed by atoms with van der Waals surface area (Å²) in [7, 11) is 0. The maximum absolute atomic E-state index is 12.3. The summed E-state index contributed by atoms with van der Waals surface area (Å²) >= 11 is 0. The number of hydrogen-bond donors (Lipinski definition) is 1. The maximum Gasteiger partial charge on any atom is 0.323 e. The number of rotatable bonds is 8. The van der Waals surface area contributed by atoms with E-state index in [1.54, 1.807) is 19.1 Å². The SMILES string of the molecule is C#CCCCC(Cc1ccccc1)(C(=O)O)C(=O)OCC. The molecule has 4 nitrogen and oxygen atoms in total. The largest absolute Gasteiger partial charge is 0.480 e. The normalized spacial score (nSPS) is 13.0. The van der Waals surface area contributed by atoms with Gasteiger partial charge in [0.15, 0.2) is 5.41 Å². The van der Waals surface area contributed by atoms with Gasteiger partial charge in [0.25, 0.3) is 0 Å². The van der Waals surface area contributed by atoms with Crippen molar-refractivity contribution in [3.8, 4) is 12.3 Å². The molecule has 0 fully saturated rings. The van der Waals surface area contributed by atoms with Gasteiger partial charge in [0, 0.05) is 6.42 Å². The molecular formula is C17H20O4. The number of carboxylic acid groups (broad SMARTS) is 1. The van der Waals surface area contributed by atoms with Crippen LogP contribution < -0.4 is 0 Å². The number of esters is 1. The maximum atomic E-state index is 12.3. The van der Waals surface area contributed by atoms with Crippen LogP contribution in [0.25, 0.3) is 0 Å². The number of ether oxygens (including phenoxy) is 1. The molecule has 0 saturated heterocycles. The molecule has 4 heteroatoms. The molecule has 0 aromatic heterocycles. The predicted molar refractivity (Wildman–Crippen MR) is 79.5 cm³/mol. The van der Waals surface area contributed by atoms with Crippen LogP contribution in [0.15, 0.2) is 30.3 Å². The molecule has 21 heavy (non-hydrogen) atoms. The summed E-state index contributed by atoms with van der Waals surface area (Å²) in [5.74, 6) is 0.608.